The van der Waals surface area contributed by atoms with Crippen molar-refractivity contribution in [1.29, 1.82) is 0 Å². The molecule has 0 aliphatic rings. The number of aromatic carboxylic acids is 4. The van der Waals surface area contributed by atoms with Crippen LogP contribution < -0.4 is 20.4 Å². The number of phenols is 4. The zero-order valence-electron chi connectivity index (χ0n) is 33.5. The molecule has 0 aliphatic carbocycles. The molecule has 64 heavy (non-hydrogen) atoms. The summed E-state index contributed by atoms with van der Waals surface area (Å²) in [7, 11) is 0. The van der Waals surface area contributed by atoms with Gasteiger partial charge in [-0.25, -0.2) is 0 Å². The van der Waals surface area contributed by atoms with E-state index in [9.17, 15) is 60.0 Å². The van der Waals surface area contributed by atoms with E-state index in [4.69, 9.17) is 0 Å². The van der Waals surface area contributed by atoms with E-state index in [1.807, 2.05) is 0 Å². The third-order valence-electron chi connectivity index (χ3n) is 9.47. The predicted molar refractivity (Wildman–Crippen MR) is 227 cm³/mol. The average molecular weight is 1080 g/mol. The first-order chi connectivity index (χ1) is 26.8. The summed E-state index contributed by atoms with van der Waals surface area (Å²) in [4.78, 5) is 46.1. The maximum absolute atomic E-state index is 11.5. The van der Waals surface area contributed by atoms with Gasteiger partial charge in [-0.05, 0) is 67.4 Å². The number of hydrogen-bond acceptors (Lipinski definition) is 12. The second-order valence-corrected chi connectivity index (χ2v) is 12.6. The Kier molecular flexibility index (Phi) is 22.2. The fourth-order valence-electron chi connectivity index (χ4n) is 6.98. The molecule has 0 radical (unpaired) electrons. The monoisotopic (exact) mass is 1090 g/mol. The summed E-state index contributed by atoms with van der Waals surface area (Å²) in [5.41, 5.74) is -1.81. The summed E-state index contributed by atoms with van der Waals surface area (Å²) in [6, 6.07) is 31.7. The molecule has 22 N–H and O–H groups in total. The predicted octanol–water partition coefficient (Wildman–Crippen LogP) is -1.94. The summed E-state index contributed by atoms with van der Waals surface area (Å²) in [6.45, 7) is 0. The minimum atomic E-state index is -1.59. The van der Waals surface area contributed by atoms with Gasteiger partial charge in [0.1, 0.15) is 23.0 Å². The van der Waals surface area contributed by atoms with Crippen molar-refractivity contribution in [3.8, 4) is 45.3 Å². The van der Waals surface area contributed by atoms with Gasteiger partial charge in [0.15, 0.2) is 0 Å². The zero-order valence-corrected chi connectivity index (χ0v) is 41.6. The van der Waals surface area contributed by atoms with E-state index in [1.165, 1.54) is 24.3 Å². The zero-order chi connectivity index (χ0) is 40.0. The molecule has 0 amide bonds. The summed E-state index contributed by atoms with van der Waals surface area (Å²) < 4.78 is 0. The van der Waals surface area contributed by atoms with E-state index in [0.717, 1.165) is 0 Å². The molecule has 18 nitrogen and oxygen atoms in total. The van der Waals surface area contributed by atoms with Crippen molar-refractivity contribution >= 4 is 67.0 Å². The number of benzene rings is 8. The molecule has 0 saturated carbocycles. The smallest absolute Gasteiger partial charge is 0.545 e. The van der Waals surface area contributed by atoms with E-state index in [0.29, 0.717) is 43.1 Å². The third-order valence-corrected chi connectivity index (χ3v) is 9.47. The Bertz CT molecular complexity index is 2600. The van der Waals surface area contributed by atoms with Crippen molar-refractivity contribution in [1.82, 2.24) is 0 Å². The number of aromatic hydroxyl groups is 4. The van der Waals surface area contributed by atoms with Gasteiger partial charge >= 0.3 is 54.6 Å². The molecular formula is C44H42Cd2O18+6. The van der Waals surface area contributed by atoms with Crippen molar-refractivity contribution in [3.05, 3.63) is 144 Å². The summed E-state index contributed by atoms with van der Waals surface area (Å²) >= 11 is 0. The Labute approximate surface area is 400 Å². The minimum absolute atomic E-state index is 0. The molecule has 0 spiro atoms. The van der Waals surface area contributed by atoms with Crippen LogP contribution in [0.25, 0.3) is 65.3 Å². The molecule has 8 rings (SSSR count). The summed E-state index contributed by atoms with van der Waals surface area (Å²) in [5, 5.41) is 92.8. The SMILES string of the molecule is O=C([O-])c1cc2ccccc2c(-c2c(O)c(C(=O)[O-])cc3ccccc23)c1O.O=C([O-])c1cc2ccccc2c(-c2c(O)c(C(=O)[O-])cc3ccccc23)c1O.[Cd+2].[Cd+2].[OH3+].[OH3+].[OH3+].[OH3+].[OH3+].[OH3+]. The molecule has 0 atom stereocenters. The van der Waals surface area contributed by atoms with Crippen LogP contribution in [0.1, 0.15) is 41.4 Å². The molecule has 324 valence electrons. The molecule has 8 aromatic carbocycles. The first-order valence-electron chi connectivity index (χ1n) is 16.6. The van der Waals surface area contributed by atoms with Crippen LogP contribution in [0.3, 0.4) is 0 Å². The van der Waals surface area contributed by atoms with Crippen LogP contribution >= 0.6 is 0 Å². The van der Waals surface area contributed by atoms with E-state index >= 15 is 0 Å². The maximum atomic E-state index is 11.5. The minimum Gasteiger partial charge on any atom is -0.545 e. The van der Waals surface area contributed by atoms with Gasteiger partial charge in [-0.1, -0.05) is 97.1 Å². The van der Waals surface area contributed by atoms with E-state index in [-0.39, 0.29) is 110 Å². The van der Waals surface area contributed by atoms with Gasteiger partial charge in [-0.2, -0.15) is 0 Å². The van der Waals surface area contributed by atoms with Crippen LogP contribution in [0, 0.1) is 0 Å². The van der Waals surface area contributed by atoms with E-state index < -0.39 is 69.1 Å². The van der Waals surface area contributed by atoms with Crippen molar-refractivity contribution in [2.24, 2.45) is 0 Å². The fourth-order valence-corrected chi connectivity index (χ4v) is 6.98. The second-order valence-electron chi connectivity index (χ2n) is 12.6. The normalized spacial score (nSPS) is 9.62. The van der Waals surface area contributed by atoms with Crippen LogP contribution in [0.2, 0.25) is 0 Å². The molecule has 20 heteroatoms. The van der Waals surface area contributed by atoms with Crippen LogP contribution in [-0.4, -0.2) is 44.3 Å². The number of carbonyl (C=O) groups excluding carboxylic acids is 4. The van der Waals surface area contributed by atoms with E-state index in [1.54, 1.807) is 97.1 Å². The number of carbonyl (C=O) groups is 4. The van der Waals surface area contributed by atoms with Gasteiger partial charge in [0.2, 0.25) is 0 Å². The number of hydrogen-bond donors (Lipinski definition) is 4. The molecule has 0 unspecified atom stereocenters. The Morgan fingerprint density at radius 2 is 0.469 bits per heavy atom. The number of rotatable bonds is 6. The van der Waals surface area contributed by atoms with Gasteiger partial charge in [-0.3, -0.25) is 0 Å². The van der Waals surface area contributed by atoms with Crippen LogP contribution in [0.15, 0.2) is 121 Å². The van der Waals surface area contributed by atoms with E-state index in [2.05, 4.69) is 0 Å². The third kappa shape index (κ3) is 10.5. The average Bonchev–Trinajstić information content (AvgIpc) is 3.18. The Hall–Kier alpha value is -6.52. The molecule has 0 fully saturated rings. The molecule has 0 aliphatic heterocycles. The maximum Gasteiger partial charge on any atom is 2.00 e. The van der Waals surface area contributed by atoms with Gasteiger partial charge < -0.3 is 92.9 Å². The number of carboxylic acid groups (broad SMARTS) is 4. The number of carboxylic acids is 4. The molecule has 8 aromatic rings. The molecule has 0 saturated heterocycles. The second kappa shape index (κ2) is 23.8. The quantitative estimate of drug-likeness (QED) is 0.104. The Morgan fingerprint density at radius 1 is 0.312 bits per heavy atom. The summed E-state index contributed by atoms with van der Waals surface area (Å²) in [6.07, 6.45) is 0. The standard InChI is InChI=1S/2C22H14O6.2Cd.6H2O/c2*23-19-15(21(25)26)9-11-5-1-3-7-13(11)17(19)18-14-8-4-2-6-12(14)10-16(20(18)24)22(27)28;;;;;;;;/h2*1-10,23-24H,(H,25,26)(H,27,28);;;6*1H2/q;;2*+2;;;;;;/p+2. The van der Waals surface area contributed by atoms with Crippen LogP contribution in [0.4, 0.5) is 0 Å². The number of fused-ring (bicyclic) bond motifs is 4. The Balaban J connectivity index is 0. The largest absolute Gasteiger partial charge is 2.00 e. The van der Waals surface area contributed by atoms with Crippen molar-refractivity contribution in [2.75, 3.05) is 0 Å². The molecule has 0 heterocycles. The van der Waals surface area contributed by atoms with Gasteiger partial charge in [-0.15, -0.1) is 0 Å². The Morgan fingerprint density at radius 3 is 0.625 bits per heavy atom. The topological polar surface area (TPSA) is 439 Å². The first-order valence-corrected chi connectivity index (χ1v) is 16.6. The van der Waals surface area contributed by atoms with Crippen molar-refractivity contribution < 1.29 is 147 Å². The van der Waals surface area contributed by atoms with Gasteiger partial charge in [0, 0.05) is 44.5 Å². The molecule has 0 bridgehead atoms. The van der Waals surface area contributed by atoms with Crippen LogP contribution in [0.5, 0.6) is 23.0 Å². The van der Waals surface area contributed by atoms with Crippen molar-refractivity contribution in [3.63, 3.8) is 0 Å². The molecule has 0 aromatic heterocycles. The van der Waals surface area contributed by atoms with Gasteiger partial charge in [0.05, 0.1) is 23.9 Å². The fraction of sp³-hybridized carbons (Fsp3) is 0. The van der Waals surface area contributed by atoms with Crippen molar-refractivity contribution in [2.45, 2.75) is 0 Å². The summed E-state index contributed by atoms with van der Waals surface area (Å²) in [5.74, 6) is -8.84. The first kappa shape index (κ1) is 59.6. The van der Waals surface area contributed by atoms with Gasteiger partial charge in [0.25, 0.3) is 0 Å². The van der Waals surface area contributed by atoms with Crippen LogP contribution in [-0.2, 0) is 87.5 Å². The molecular weight excluding hydrogens is 1040 g/mol.